The number of anilines is 1. The largest absolute Gasteiger partial charge is 0.487 e. The molecule has 6 nitrogen and oxygen atoms in total. The molecule has 0 atom stereocenters. The van der Waals surface area contributed by atoms with Crippen LogP contribution in [-0.4, -0.2) is 32.1 Å². The first-order valence-electron chi connectivity index (χ1n) is 8.27. The van der Waals surface area contributed by atoms with Crippen LogP contribution in [0.5, 0.6) is 5.75 Å². The van der Waals surface area contributed by atoms with Gasteiger partial charge in [0.15, 0.2) is 5.75 Å². The first-order chi connectivity index (χ1) is 13.0. The molecule has 0 saturated heterocycles. The highest BCUT2D eigenvalue weighted by molar-refractivity contribution is 6.32. The molecule has 0 aromatic heterocycles. The number of benzene rings is 2. The van der Waals surface area contributed by atoms with Gasteiger partial charge in [0, 0.05) is 14.0 Å². The first-order valence-corrected chi connectivity index (χ1v) is 8.65. The zero-order valence-corrected chi connectivity index (χ0v) is 15.9. The molecule has 27 heavy (non-hydrogen) atoms. The Bertz CT molecular complexity index is 822. The molecule has 0 bridgehead atoms. The Balaban J connectivity index is 2.26. The summed E-state index contributed by atoms with van der Waals surface area (Å²) in [4.78, 5) is 24.2. The molecule has 0 unspecified atom stereocenters. The zero-order valence-electron chi connectivity index (χ0n) is 15.1. The maximum absolute atomic E-state index is 12.7. The van der Waals surface area contributed by atoms with E-state index in [1.807, 2.05) is 30.3 Å². The normalized spacial score (nSPS) is 11.0. The van der Waals surface area contributed by atoms with E-state index in [1.165, 1.54) is 6.92 Å². The van der Waals surface area contributed by atoms with Gasteiger partial charge in [0.05, 0.1) is 17.3 Å². The van der Waals surface area contributed by atoms with Crippen molar-refractivity contribution >= 4 is 35.2 Å². The predicted octanol–water partition coefficient (Wildman–Crippen LogP) is 3.48. The topological polar surface area (TPSA) is 76.7 Å². The minimum atomic E-state index is -0.493. The lowest BCUT2D eigenvalue weighted by Gasteiger charge is -2.15. The highest BCUT2D eigenvalue weighted by atomic mass is 35.5. The molecule has 2 aromatic carbocycles. The Hall–Kier alpha value is -2.83. The number of amides is 2. The Kier molecular flexibility index (Phi) is 7.85. The van der Waals surface area contributed by atoms with E-state index >= 15 is 0 Å². The minimum absolute atomic E-state index is 0.108. The van der Waals surface area contributed by atoms with Crippen molar-refractivity contribution in [3.63, 3.8) is 0 Å². The third-order valence-corrected chi connectivity index (χ3v) is 3.71. The highest BCUT2D eigenvalue weighted by Crippen LogP contribution is 2.33. The van der Waals surface area contributed by atoms with Gasteiger partial charge >= 0.3 is 0 Å². The second-order valence-corrected chi connectivity index (χ2v) is 5.97. The number of ether oxygens (including phenoxy) is 2. The maximum Gasteiger partial charge on any atom is 0.272 e. The van der Waals surface area contributed by atoms with E-state index in [-0.39, 0.29) is 18.2 Å². The monoisotopic (exact) mass is 388 g/mol. The van der Waals surface area contributed by atoms with Gasteiger partial charge in [0.2, 0.25) is 5.91 Å². The smallest absolute Gasteiger partial charge is 0.272 e. The highest BCUT2D eigenvalue weighted by Gasteiger charge is 2.16. The van der Waals surface area contributed by atoms with E-state index in [9.17, 15) is 9.59 Å². The summed E-state index contributed by atoms with van der Waals surface area (Å²) in [5, 5.41) is 5.64. The van der Waals surface area contributed by atoms with Gasteiger partial charge in [0.25, 0.3) is 5.91 Å². The van der Waals surface area contributed by atoms with E-state index in [2.05, 4.69) is 10.6 Å². The van der Waals surface area contributed by atoms with Crippen molar-refractivity contribution in [2.24, 2.45) is 0 Å². The van der Waals surface area contributed by atoms with Crippen LogP contribution < -0.4 is 15.4 Å². The molecule has 0 aliphatic rings. The van der Waals surface area contributed by atoms with Gasteiger partial charge in [-0.2, -0.15) is 0 Å². The summed E-state index contributed by atoms with van der Waals surface area (Å²) in [7, 11) is 1.56. The van der Waals surface area contributed by atoms with Crippen LogP contribution >= 0.6 is 11.6 Å². The summed E-state index contributed by atoms with van der Waals surface area (Å²) in [6, 6.07) is 14.2. The van der Waals surface area contributed by atoms with Crippen LogP contribution in [-0.2, 0) is 14.3 Å². The summed E-state index contributed by atoms with van der Waals surface area (Å²) < 4.78 is 10.6. The molecule has 0 fully saturated rings. The van der Waals surface area contributed by atoms with E-state index in [0.29, 0.717) is 23.1 Å². The number of methoxy groups -OCH3 is 1. The fourth-order valence-corrected chi connectivity index (χ4v) is 2.46. The Labute approximate surface area is 163 Å². The Morgan fingerprint density at radius 1 is 1.07 bits per heavy atom. The van der Waals surface area contributed by atoms with Gasteiger partial charge in [-0.25, -0.2) is 0 Å². The number of hydrogen-bond acceptors (Lipinski definition) is 4. The molecule has 2 rings (SSSR count). The first kappa shape index (κ1) is 20.5. The average molecular weight is 389 g/mol. The zero-order chi connectivity index (χ0) is 19.6. The van der Waals surface area contributed by atoms with Gasteiger partial charge in [-0.1, -0.05) is 48.0 Å². The van der Waals surface area contributed by atoms with Crippen LogP contribution in [0.3, 0.4) is 0 Å². The van der Waals surface area contributed by atoms with Crippen LogP contribution in [0.15, 0.2) is 54.2 Å². The van der Waals surface area contributed by atoms with Crippen molar-refractivity contribution < 1.29 is 19.1 Å². The number of nitrogens with one attached hydrogen (secondary N) is 2. The third kappa shape index (κ3) is 6.44. The van der Waals surface area contributed by atoms with Crippen molar-refractivity contribution in [1.29, 1.82) is 0 Å². The maximum atomic E-state index is 12.7. The van der Waals surface area contributed by atoms with Gasteiger partial charge in [0.1, 0.15) is 12.3 Å². The lowest BCUT2D eigenvalue weighted by atomic mass is 10.2. The van der Waals surface area contributed by atoms with Crippen LogP contribution in [0.25, 0.3) is 6.08 Å². The van der Waals surface area contributed by atoms with E-state index in [1.54, 1.807) is 31.4 Å². The van der Waals surface area contributed by atoms with Crippen molar-refractivity contribution in [3.8, 4) is 5.75 Å². The molecule has 0 spiro atoms. The molecule has 7 heteroatoms. The van der Waals surface area contributed by atoms with Crippen molar-refractivity contribution in [2.75, 3.05) is 25.6 Å². The third-order valence-electron chi connectivity index (χ3n) is 3.41. The molecule has 2 aromatic rings. The molecule has 0 saturated carbocycles. The number of para-hydroxylation sites is 1. The van der Waals surface area contributed by atoms with E-state index in [4.69, 9.17) is 21.1 Å². The summed E-state index contributed by atoms with van der Waals surface area (Å²) in [5.41, 5.74) is 1.28. The lowest BCUT2D eigenvalue weighted by Crippen LogP contribution is -2.29. The van der Waals surface area contributed by atoms with Crippen LogP contribution in [0.1, 0.15) is 12.5 Å². The number of rotatable bonds is 8. The molecule has 0 aliphatic heterocycles. The molecular formula is C20H21ClN2O4. The quantitative estimate of drug-likeness (QED) is 0.536. The molecule has 2 N–H and O–H groups in total. The minimum Gasteiger partial charge on any atom is -0.487 e. The van der Waals surface area contributed by atoms with Gasteiger partial charge in [-0.05, 0) is 23.8 Å². The molecule has 2 amide bonds. The molecule has 0 aliphatic carbocycles. The number of carbonyl (C=O) groups excluding carboxylic acids is 2. The predicted molar refractivity (Wildman–Crippen MR) is 106 cm³/mol. The van der Waals surface area contributed by atoms with Crippen LogP contribution in [0.2, 0.25) is 5.02 Å². The number of carbonyl (C=O) groups is 2. The van der Waals surface area contributed by atoms with Crippen LogP contribution in [0.4, 0.5) is 5.69 Å². The summed E-state index contributed by atoms with van der Waals surface area (Å²) >= 11 is 6.18. The average Bonchev–Trinajstić information content (AvgIpc) is 2.64. The molecular weight excluding hydrogens is 368 g/mol. The standard InChI is InChI=1S/C20H21ClN2O4/c1-14(24)22-18(13-15-7-4-3-5-8-15)20(25)23-17-10-6-9-16(21)19(17)27-12-11-26-2/h3-10,13H,11-12H2,1-2H3,(H,22,24)(H,23,25)/b18-13+. The molecule has 142 valence electrons. The lowest BCUT2D eigenvalue weighted by molar-refractivity contribution is -0.120. The molecule has 0 heterocycles. The second-order valence-electron chi connectivity index (χ2n) is 5.56. The Morgan fingerprint density at radius 3 is 2.48 bits per heavy atom. The fourth-order valence-electron chi connectivity index (χ4n) is 2.23. The van der Waals surface area contributed by atoms with E-state index in [0.717, 1.165) is 5.56 Å². The fraction of sp³-hybridized carbons (Fsp3) is 0.200. The SMILES string of the molecule is COCCOc1c(Cl)cccc1NC(=O)/C(=C\c1ccccc1)NC(C)=O. The number of hydrogen-bond donors (Lipinski definition) is 2. The molecule has 0 radical (unpaired) electrons. The van der Waals surface area contributed by atoms with Crippen molar-refractivity contribution in [2.45, 2.75) is 6.92 Å². The summed E-state index contributed by atoms with van der Waals surface area (Å²) in [6.45, 7) is 2.00. The van der Waals surface area contributed by atoms with Crippen LogP contribution in [0, 0.1) is 0 Å². The van der Waals surface area contributed by atoms with Gasteiger partial charge in [-0.15, -0.1) is 0 Å². The second kappa shape index (κ2) is 10.4. The van der Waals surface area contributed by atoms with Crippen molar-refractivity contribution in [1.82, 2.24) is 5.32 Å². The summed E-state index contributed by atoms with van der Waals surface area (Å²) in [6.07, 6.45) is 1.59. The Morgan fingerprint density at radius 2 is 1.81 bits per heavy atom. The van der Waals surface area contributed by atoms with Gasteiger partial charge in [-0.3, -0.25) is 9.59 Å². The van der Waals surface area contributed by atoms with Gasteiger partial charge < -0.3 is 20.1 Å². The van der Waals surface area contributed by atoms with E-state index < -0.39 is 5.91 Å². The van der Waals surface area contributed by atoms with Crippen molar-refractivity contribution in [3.05, 3.63) is 64.8 Å². The number of halogens is 1. The summed E-state index contributed by atoms with van der Waals surface area (Å²) in [5.74, 6) is -0.505.